The fourth-order valence-corrected chi connectivity index (χ4v) is 2.93. The Kier molecular flexibility index (Phi) is 4.95. The summed E-state index contributed by atoms with van der Waals surface area (Å²) in [6, 6.07) is 1.97. The third kappa shape index (κ3) is 3.30. The van der Waals surface area contributed by atoms with Gasteiger partial charge in [0.1, 0.15) is 5.54 Å². The zero-order chi connectivity index (χ0) is 12.2. The Morgan fingerprint density at radius 1 is 1.69 bits per heavy atom. The van der Waals surface area contributed by atoms with E-state index in [0.717, 1.165) is 15.8 Å². The lowest BCUT2D eigenvalue weighted by molar-refractivity contribution is -0.144. The Hall–Kier alpha value is -0.390. The first kappa shape index (κ1) is 13.7. The fourth-order valence-electron chi connectivity index (χ4n) is 1.50. The first-order chi connectivity index (χ1) is 7.49. The predicted octanol–water partition coefficient (Wildman–Crippen LogP) is 3.24. The molecule has 2 N–H and O–H groups in total. The van der Waals surface area contributed by atoms with Crippen LogP contribution in [0.1, 0.15) is 31.6 Å². The maximum Gasteiger partial charge on any atom is 0.323 e. The molecular formula is C11H16BrNO2S. The summed E-state index contributed by atoms with van der Waals surface area (Å²) in [5.41, 5.74) is -0.835. The molecule has 1 atom stereocenters. The first-order valence-corrected chi connectivity index (χ1v) is 6.87. The van der Waals surface area contributed by atoms with E-state index in [0.29, 0.717) is 13.0 Å². The molecule has 1 heterocycles. The predicted molar refractivity (Wildman–Crippen MR) is 69.8 cm³/mol. The maximum absolute atomic E-state index is 11.2. The summed E-state index contributed by atoms with van der Waals surface area (Å²) >= 11 is 5.05. The summed E-state index contributed by atoms with van der Waals surface area (Å²) in [6.07, 6.45) is 1.48. The van der Waals surface area contributed by atoms with E-state index < -0.39 is 11.5 Å². The van der Waals surface area contributed by atoms with Crippen LogP contribution in [0.5, 0.6) is 0 Å². The van der Waals surface area contributed by atoms with Crippen LogP contribution in [0.3, 0.4) is 0 Å². The topological polar surface area (TPSA) is 49.3 Å². The molecule has 1 aromatic rings. The van der Waals surface area contributed by atoms with Gasteiger partial charge in [-0.2, -0.15) is 0 Å². The van der Waals surface area contributed by atoms with Gasteiger partial charge in [-0.1, -0.05) is 13.3 Å². The summed E-state index contributed by atoms with van der Waals surface area (Å²) in [5.74, 6) is -0.790. The Morgan fingerprint density at radius 3 is 2.81 bits per heavy atom. The molecule has 0 bridgehead atoms. The molecule has 0 aliphatic heterocycles. The highest BCUT2D eigenvalue weighted by Crippen LogP contribution is 2.23. The molecule has 0 aliphatic carbocycles. The summed E-state index contributed by atoms with van der Waals surface area (Å²) in [5, 5.41) is 14.3. The van der Waals surface area contributed by atoms with Crippen molar-refractivity contribution in [1.82, 2.24) is 5.32 Å². The summed E-state index contributed by atoms with van der Waals surface area (Å²) in [6.45, 7) is 4.31. The van der Waals surface area contributed by atoms with Gasteiger partial charge in [0.05, 0.1) is 0 Å². The van der Waals surface area contributed by atoms with Gasteiger partial charge in [0.15, 0.2) is 0 Å². The van der Waals surface area contributed by atoms with Gasteiger partial charge in [-0.3, -0.25) is 10.1 Å². The number of rotatable bonds is 6. The van der Waals surface area contributed by atoms with Crippen molar-refractivity contribution >= 4 is 33.2 Å². The van der Waals surface area contributed by atoms with Gasteiger partial charge >= 0.3 is 5.97 Å². The molecule has 0 amide bonds. The Bertz CT molecular complexity index is 367. The molecule has 0 saturated carbocycles. The van der Waals surface area contributed by atoms with Crippen LogP contribution >= 0.6 is 27.3 Å². The van der Waals surface area contributed by atoms with Crippen LogP contribution in [0, 0.1) is 0 Å². The normalized spacial score (nSPS) is 14.7. The van der Waals surface area contributed by atoms with Crippen LogP contribution in [0.2, 0.25) is 0 Å². The largest absolute Gasteiger partial charge is 0.480 e. The Morgan fingerprint density at radius 2 is 2.38 bits per heavy atom. The second kappa shape index (κ2) is 5.80. The monoisotopic (exact) mass is 305 g/mol. The highest BCUT2D eigenvalue weighted by Gasteiger charge is 2.31. The molecule has 0 radical (unpaired) electrons. The maximum atomic E-state index is 11.2. The number of nitrogens with one attached hydrogen (secondary N) is 1. The number of carboxylic acids is 1. The molecule has 0 spiro atoms. The van der Waals surface area contributed by atoms with Crippen molar-refractivity contribution in [2.45, 2.75) is 38.8 Å². The van der Waals surface area contributed by atoms with Crippen molar-refractivity contribution in [2.75, 3.05) is 0 Å². The molecule has 0 saturated heterocycles. The van der Waals surface area contributed by atoms with Crippen LogP contribution in [0.25, 0.3) is 0 Å². The van der Waals surface area contributed by atoms with E-state index in [1.807, 2.05) is 18.4 Å². The molecule has 90 valence electrons. The minimum atomic E-state index is -0.835. The standard InChI is InChI=1S/C11H16BrNO2S/c1-3-5-11(2,10(14)15)13-7-9-8(12)4-6-16-9/h4,6,13H,3,5,7H2,1-2H3,(H,14,15). The molecule has 1 aromatic heterocycles. The number of carboxylic acid groups (broad SMARTS) is 1. The van der Waals surface area contributed by atoms with Crippen molar-refractivity contribution in [3.8, 4) is 0 Å². The van der Waals surface area contributed by atoms with Gasteiger partial charge in [0, 0.05) is 15.9 Å². The van der Waals surface area contributed by atoms with Gasteiger partial charge in [0.25, 0.3) is 0 Å². The van der Waals surface area contributed by atoms with Crippen LogP contribution in [0.15, 0.2) is 15.9 Å². The zero-order valence-corrected chi connectivity index (χ0v) is 11.8. The van der Waals surface area contributed by atoms with E-state index in [4.69, 9.17) is 0 Å². The molecule has 1 rings (SSSR count). The minimum absolute atomic E-state index is 0.584. The van der Waals surface area contributed by atoms with Crippen molar-refractivity contribution in [1.29, 1.82) is 0 Å². The summed E-state index contributed by atoms with van der Waals surface area (Å²) < 4.78 is 1.04. The van der Waals surface area contributed by atoms with Gasteiger partial charge in [-0.25, -0.2) is 0 Å². The smallest absolute Gasteiger partial charge is 0.323 e. The highest BCUT2D eigenvalue weighted by molar-refractivity contribution is 9.10. The number of aliphatic carboxylic acids is 1. The second-order valence-electron chi connectivity index (χ2n) is 3.93. The molecule has 1 unspecified atom stereocenters. The fraction of sp³-hybridized carbons (Fsp3) is 0.545. The van der Waals surface area contributed by atoms with Crippen LogP contribution in [0.4, 0.5) is 0 Å². The van der Waals surface area contributed by atoms with Crippen molar-refractivity contribution < 1.29 is 9.90 Å². The summed E-state index contributed by atoms with van der Waals surface area (Å²) in [7, 11) is 0. The molecule has 0 aliphatic rings. The molecule has 0 fully saturated rings. The number of hydrogen-bond donors (Lipinski definition) is 2. The van der Waals surface area contributed by atoms with Crippen LogP contribution in [-0.4, -0.2) is 16.6 Å². The van der Waals surface area contributed by atoms with E-state index in [9.17, 15) is 9.90 Å². The summed E-state index contributed by atoms with van der Waals surface area (Å²) in [4.78, 5) is 12.3. The number of hydrogen-bond acceptors (Lipinski definition) is 3. The molecule has 0 aromatic carbocycles. The molecule has 3 nitrogen and oxygen atoms in total. The quantitative estimate of drug-likeness (QED) is 0.848. The SMILES string of the molecule is CCCC(C)(NCc1sccc1Br)C(=O)O. The van der Waals surface area contributed by atoms with Gasteiger partial charge in [-0.05, 0) is 40.7 Å². The molecule has 16 heavy (non-hydrogen) atoms. The van der Waals surface area contributed by atoms with Crippen molar-refractivity contribution in [3.05, 3.63) is 20.8 Å². The first-order valence-electron chi connectivity index (χ1n) is 5.20. The Balaban J connectivity index is 2.64. The minimum Gasteiger partial charge on any atom is -0.480 e. The lowest BCUT2D eigenvalue weighted by Crippen LogP contribution is -2.48. The number of thiophene rings is 1. The number of halogens is 1. The van der Waals surface area contributed by atoms with E-state index in [1.54, 1.807) is 18.3 Å². The Labute approximate surface area is 108 Å². The van der Waals surface area contributed by atoms with E-state index in [-0.39, 0.29) is 0 Å². The van der Waals surface area contributed by atoms with E-state index >= 15 is 0 Å². The second-order valence-corrected chi connectivity index (χ2v) is 5.79. The highest BCUT2D eigenvalue weighted by atomic mass is 79.9. The van der Waals surface area contributed by atoms with E-state index in [2.05, 4.69) is 21.2 Å². The van der Waals surface area contributed by atoms with Gasteiger partial charge < -0.3 is 5.11 Å². The third-order valence-corrected chi connectivity index (χ3v) is 4.48. The average Bonchev–Trinajstić information content (AvgIpc) is 2.61. The van der Waals surface area contributed by atoms with Crippen LogP contribution in [-0.2, 0) is 11.3 Å². The van der Waals surface area contributed by atoms with Gasteiger partial charge in [0.2, 0.25) is 0 Å². The average molecular weight is 306 g/mol. The number of carbonyl (C=O) groups is 1. The van der Waals surface area contributed by atoms with Crippen molar-refractivity contribution in [2.24, 2.45) is 0 Å². The lowest BCUT2D eigenvalue weighted by atomic mass is 9.96. The van der Waals surface area contributed by atoms with Crippen molar-refractivity contribution in [3.63, 3.8) is 0 Å². The third-order valence-electron chi connectivity index (χ3n) is 2.55. The lowest BCUT2D eigenvalue weighted by Gasteiger charge is -2.25. The van der Waals surface area contributed by atoms with Gasteiger partial charge in [-0.15, -0.1) is 11.3 Å². The molecule has 5 heteroatoms. The van der Waals surface area contributed by atoms with E-state index in [1.165, 1.54) is 0 Å². The van der Waals surface area contributed by atoms with Crippen LogP contribution < -0.4 is 5.32 Å². The molecular weight excluding hydrogens is 290 g/mol. The zero-order valence-electron chi connectivity index (χ0n) is 9.42.